The highest BCUT2D eigenvalue weighted by molar-refractivity contribution is 5.95. The van der Waals surface area contributed by atoms with Crippen LogP contribution in [0.25, 0.3) is 0 Å². The second kappa shape index (κ2) is 12.4. The number of nitrogens with zero attached hydrogens (tertiary/aromatic N) is 3. The summed E-state index contributed by atoms with van der Waals surface area (Å²) in [6.07, 6.45) is 9.17. The predicted octanol–water partition coefficient (Wildman–Crippen LogP) is 4.38. The minimum Gasteiger partial charge on any atom is -0.494 e. The number of nitrogens with one attached hydrogen (secondary N) is 2. The molecule has 2 N–H and O–H groups in total. The Hall–Kier alpha value is -3.62. The number of pyridine rings is 1. The summed E-state index contributed by atoms with van der Waals surface area (Å²) in [6.45, 7) is 3.88. The van der Waals surface area contributed by atoms with Crippen LogP contribution in [0.4, 0.5) is 16.3 Å². The number of hydrogen-bond donors (Lipinski definition) is 2. The van der Waals surface area contributed by atoms with Crippen molar-refractivity contribution in [3.63, 3.8) is 0 Å². The first-order chi connectivity index (χ1) is 17.5. The summed E-state index contributed by atoms with van der Waals surface area (Å²) in [6, 6.07) is 10.5. The molecule has 2 fully saturated rings. The molecule has 0 spiro atoms. The van der Waals surface area contributed by atoms with Crippen molar-refractivity contribution in [3.05, 3.63) is 48.2 Å². The minimum absolute atomic E-state index is 0.0504. The molecule has 2 aromatic rings. The van der Waals surface area contributed by atoms with Crippen molar-refractivity contribution in [2.24, 2.45) is 5.92 Å². The average molecular weight is 494 g/mol. The van der Waals surface area contributed by atoms with Crippen LogP contribution in [-0.2, 0) is 4.79 Å². The van der Waals surface area contributed by atoms with Gasteiger partial charge in [0.2, 0.25) is 5.91 Å². The van der Waals surface area contributed by atoms with Gasteiger partial charge < -0.3 is 25.2 Å². The molecule has 2 heterocycles. The van der Waals surface area contributed by atoms with Crippen molar-refractivity contribution in [1.82, 2.24) is 14.8 Å². The summed E-state index contributed by atoms with van der Waals surface area (Å²) in [7, 11) is 0. The number of ether oxygens (including phenoxy) is 1. The molecule has 36 heavy (non-hydrogen) atoms. The largest absolute Gasteiger partial charge is 0.494 e. The lowest BCUT2D eigenvalue weighted by Crippen LogP contribution is -2.51. The monoisotopic (exact) mass is 493 g/mol. The molecular formula is C27H35N5O4. The van der Waals surface area contributed by atoms with Crippen LogP contribution in [0.1, 0.15) is 55.8 Å². The van der Waals surface area contributed by atoms with Crippen LogP contribution >= 0.6 is 0 Å². The molecular weight excluding hydrogens is 458 g/mol. The van der Waals surface area contributed by atoms with E-state index in [1.165, 1.54) is 45.2 Å². The molecule has 1 aliphatic carbocycles. The van der Waals surface area contributed by atoms with Crippen LogP contribution in [-0.4, -0.2) is 65.4 Å². The molecule has 9 heteroatoms. The molecule has 1 aromatic heterocycles. The molecule has 4 amide bonds. The molecule has 2 aliphatic rings. The average Bonchev–Trinajstić information content (AvgIpc) is 2.90. The number of urea groups is 1. The van der Waals surface area contributed by atoms with E-state index in [2.05, 4.69) is 15.6 Å². The summed E-state index contributed by atoms with van der Waals surface area (Å²) >= 11 is 0. The maximum atomic E-state index is 13.1. The Bertz CT molecular complexity index is 1040. The molecule has 0 unspecified atom stereocenters. The number of carbonyl (C=O) groups excluding carboxylic acids is 3. The van der Waals surface area contributed by atoms with Crippen LogP contribution in [0.15, 0.2) is 42.6 Å². The first-order valence-electron chi connectivity index (χ1n) is 12.8. The number of hydrogen-bond acceptors (Lipinski definition) is 5. The quantitative estimate of drug-likeness (QED) is 0.596. The Morgan fingerprint density at radius 3 is 2.42 bits per heavy atom. The number of aromatic nitrogens is 1. The molecule has 1 aliphatic heterocycles. The standard InChI is InChI=1S/C27H35N5O4/c1-20(33)29-25-11-10-23(19-28-25)30-27(35)32-15-13-31(14-16-32)26(34)22-8-5-9-24(18-22)36-17-12-21-6-3-2-4-7-21/h5,8-11,18-19,21H,2-4,6-7,12-17H2,1H3,(H,30,35)(H,28,29,33). The maximum Gasteiger partial charge on any atom is 0.322 e. The zero-order valence-corrected chi connectivity index (χ0v) is 20.9. The van der Waals surface area contributed by atoms with E-state index in [4.69, 9.17) is 4.74 Å². The molecule has 1 saturated heterocycles. The van der Waals surface area contributed by atoms with Gasteiger partial charge in [-0.15, -0.1) is 0 Å². The molecule has 1 saturated carbocycles. The normalized spacial score (nSPS) is 16.4. The van der Waals surface area contributed by atoms with Gasteiger partial charge in [0.25, 0.3) is 5.91 Å². The topological polar surface area (TPSA) is 104 Å². The van der Waals surface area contributed by atoms with Crippen molar-refractivity contribution in [3.8, 4) is 5.75 Å². The summed E-state index contributed by atoms with van der Waals surface area (Å²) in [5, 5.41) is 5.40. The molecule has 0 radical (unpaired) electrons. The van der Waals surface area contributed by atoms with E-state index in [1.54, 1.807) is 21.9 Å². The van der Waals surface area contributed by atoms with Crippen LogP contribution in [0.2, 0.25) is 0 Å². The van der Waals surface area contributed by atoms with Gasteiger partial charge in [-0.3, -0.25) is 9.59 Å². The molecule has 192 valence electrons. The Balaban J connectivity index is 1.23. The number of rotatable bonds is 7. The zero-order valence-electron chi connectivity index (χ0n) is 20.9. The van der Waals surface area contributed by atoms with Gasteiger partial charge >= 0.3 is 6.03 Å². The van der Waals surface area contributed by atoms with Crippen LogP contribution in [0.5, 0.6) is 5.75 Å². The first-order valence-corrected chi connectivity index (χ1v) is 12.8. The number of piperazine rings is 1. The van der Waals surface area contributed by atoms with E-state index < -0.39 is 0 Å². The fraction of sp³-hybridized carbons (Fsp3) is 0.481. The third-order valence-corrected chi connectivity index (χ3v) is 6.77. The fourth-order valence-corrected chi connectivity index (χ4v) is 4.76. The lowest BCUT2D eigenvalue weighted by Gasteiger charge is -2.34. The Labute approximate surface area is 212 Å². The first kappa shape index (κ1) is 25.5. The van der Waals surface area contributed by atoms with Crippen LogP contribution in [0.3, 0.4) is 0 Å². The Morgan fingerprint density at radius 1 is 0.972 bits per heavy atom. The van der Waals surface area contributed by atoms with Gasteiger partial charge in [0.15, 0.2) is 0 Å². The summed E-state index contributed by atoms with van der Waals surface area (Å²) in [5.41, 5.74) is 1.14. The van der Waals surface area contributed by atoms with Gasteiger partial charge in [-0.25, -0.2) is 9.78 Å². The summed E-state index contributed by atoms with van der Waals surface area (Å²) in [5.74, 6) is 1.65. The smallest absolute Gasteiger partial charge is 0.322 e. The second-order valence-corrected chi connectivity index (χ2v) is 9.49. The van der Waals surface area contributed by atoms with Gasteiger partial charge in [0.1, 0.15) is 11.6 Å². The van der Waals surface area contributed by atoms with E-state index in [9.17, 15) is 14.4 Å². The third kappa shape index (κ3) is 7.19. The van der Waals surface area contributed by atoms with Gasteiger partial charge in [-0.1, -0.05) is 38.2 Å². The predicted molar refractivity (Wildman–Crippen MR) is 138 cm³/mol. The molecule has 0 bridgehead atoms. The van der Waals surface area contributed by atoms with E-state index in [-0.39, 0.29) is 17.8 Å². The summed E-state index contributed by atoms with van der Waals surface area (Å²) in [4.78, 5) is 44.4. The lowest BCUT2D eigenvalue weighted by molar-refractivity contribution is -0.114. The zero-order chi connectivity index (χ0) is 25.3. The van der Waals surface area contributed by atoms with E-state index in [1.807, 2.05) is 24.3 Å². The number of carbonyl (C=O) groups is 3. The van der Waals surface area contributed by atoms with Crippen molar-refractivity contribution >= 4 is 29.4 Å². The molecule has 4 rings (SSSR count). The highest BCUT2D eigenvalue weighted by Gasteiger charge is 2.25. The Kier molecular flexibility index (Phi) is 8.76. The SMILES string of the molecule is CC(=O)Nc1ccc(NC(=O)N2CCN(C(=O)c3cccc(OCCC4CCCCC4)c3)CC2)cn1. The fourth-order valence-electron chi connectivity index (χ4n) is 4.76. The highest BCUT2D eigenvalue weighted by atomic mass is 16.5. The minimum atomic E-state index is -0.246. The second-order valence-electron chi connectivity index (χ2n) is 9.49. The maximum absolute atomic E-state index is 13.1. The van der Waals surface area contributed by atoms with Crippen LogP contribution < -0.4 is 15.4 Å². The Morgan fingerprint density at radius 2 is 1.72 bits per heavy atom. The number of amides is 4. The van der Waals surface area contributed by atoms with Crippen LogP contribution in [0, 0.1) is 5.92 Å². The highest BCUT2D eigenvalue weighted by Crippen LogP contribution is 2.26. The van der Waals surface area contributed by atoms with Crippen molar-refractivity contribution in [2.75, 3.05) is 43.4 Å². The van der Waals surface area contributed by atoms with E-state index in [0.29, 0.717) is 49.9 Å². The summed E-state index contributed by atoms with van der Waals surface area (Å²) < 4.78 is 5.96. The van der Waals surface area contributed by atoms with Crippen molar-refractivity contribution in [2.45, 2.75) is 45.4 Å². The van der Waals surface area contributed by atoms with Crippen molar-refractivity contribution < 1.29 is 19.1 Å². The van der Waals surface area contributed by atoms with Gasteiger partial charge in [-0.2, -0.15) is 0 Å². The van der Waals surface area contributed by atoms with E-state index in [0.717, 1.165) is 18.1 Å². The van der Waals surface area contributed by atoms with Gasteiger partial charge in [0.05, 0.1) is 18.5 Å². The van der Waals surface area contributed by atoms with E-state index >= 15 is 0 Å². The molecule has 1 aromatic carbocycles. The molecule has 9 nitrogen and oxygen atoms in total. The molecule has 0 atom stereocenters. The van der Waals surface area contributed by atoms with Crippen molar-refractivity contribution in [1.29, 1.82) is 0 Å². The number of anilines is 2. The number of benzene rings is 1. The lowest BCUT2D eigenvalue weighted by atomic mass is 9.87. The van der Waals surface area contributed by atoms with Gasteiger partial charge in [0, 0.05) is 38.7 Å². The third-order valence-electron chi connectivity index (χ3n) is 6.77. The van der Waals surface area contributed by atoms with Gasteiger partial charge in [-0.05, 0) is 42.7 Å².